The molecule has 0 aliphatic carbocycles. The van der Waals surface area contributed by atoms with E-state index in [2.05, 4.69) is 102 Å². The molecule has 1 radical (unpaired) electrons. The standard InChI is InChI=1S/C6H4N11.C6H3N11.Fe/c2*7-1-4(12-16-5-8-2-10-14-5)13-17-6-9-3-11-15-6;/h2-3H,(H2-,8,9,10,11,14,15,16);2-3H,(H-2,8,9,10,11,14,15,16);/q-1;-2;+3/b2*12-4-,17-13?;. The number of azo groups is 2. The first-order valence-electron chi connectivity index (χ1n) is 8.35. The second-order valence-electron chi connectivity index (χ2n) is 4.84. The molecule has 0 aliphatic rings. The van der Waals surface area contributed by atoms with Crippen molar-refractivity contribution in [2.24, 2.45) is 30.7 Å². The third-order valence-electron chi connectivity index (χ3n) is 2.72. The van der Waals surface area contributed by atoms with Crippen LogP contribution in [0.3, 0.4) is 0 Å². The van der Waals surface area contributed by atoms with Crippen LogP contribution in [0.1, 0.15) is 0 Å². The van der Waals surface area contributed by atoms with Crippen molar-refractivity contribution in [3.8, 4) is 12.1 Å². The fourth-order valence-corrected chi connectivity index (χ4v) is 1.47. The number of hydrogen-bond acceptors (Lipinski definition) is 14. The molecule has 0 saturated heterocycles. The van der Waals surface area contributed by atoms with Crippen LogP contribution in [0.15, 0.2) is 56.0 Å². The van der Waals surface area contributed by atoms with Gasteiger partial charge in [0.1, 0.15) is 24.8 Å². The molecule has 23 heteroatoms. The molecule has 0 bridgehead atoms. The van der Waals surface area contributed by atoms with Crippen LogP contribution in [-0.2, 0) is 17.1 Å². The number of nitriles is 2. The van der Waals surface area contributed by atoms with E-state index in [1.54, 1.807) is 12.1 Å². The van der Waals surface area contributed by atoms with Gasteiger partial charge in [0.15, 0.2) is 0 Å². The molecule has 173 valence electrons. The van der Waals surface area contributed by atoms with Crippen LogP contribution in [-0.4, -0.2) is 67.4 Å². The van der Waals surface area contributed by atoms with Crippen LogP contribution < -0.4 is 4.98 Å². The SMILES string of the molecule is N#C/C(N=Nc1nc[nH]n1)=N/[N-]c1ncn[nH]1.N#C/C(N=Nc1nc[nH]n1)=N/[N-]c1nnc[n-]1.[Fe+3]. The molecule has 0 amide bonds. The first kappa shape index (κ1) is 25.5. The molecule has 3 N–H and O–H groups in total. The Balaban J connectivity index is 0.000000240. The van der Waals surface area contributed by atoms with Crippen molar-refractivity contribution < 1.29 is 17.1 Å². The molecule has 0 saturated carbocycles. The Hall–Kier alpha value is -5.80. The number of nitrogens with one attached hydrogen (secondary N) is 3. The van der Waals surface area contributed by atoms with Crippen molar-refractivity contribution in [3.05, 3.63) is 36.2 Å². The maximum atomic E-state index is 8.69. The third kappa shape index (κ3) is 9.07. The number of rotatable bonds is 6. The van der Waals surface area contributed by atoms with Crippen LogP contribution >= 0.6 is 0 Å². The van der Waals surface area contributed by atoms with E-state index in [-0.39, 0.29) is 52.5 Å². The molecule has 0 unspecified atom stereocenters. The van der Waals surface area contributed by atoms with Crippen LogP contribution in [0.5, 0.6) is 0 Å². The van der Waals surface area contributed by atoms with Gasteiger partial charge >= 0.3 is 17.1 Å². The summed E-state index contributed by atoms with van der Waals surface area (Å²) in [5, 5.41) is 63.4. The topological polar surface area (TPSA) is 315 Å². The first-order chi connectivity index (χ1) is 16.8. The largest absolute Gasteiger partial charge is 3.00 e. The van der Waals surface area contributed by atoms with E-state index in [4.69, 9.17) is 10.5 Å². The average Bonchev–Trinajstić information content (AvgIpc) is 3.68. The van der Waals surface area contributed by atoms with Gasteiger partial charge in [0, 0.05) is 0 Å². The predicted molar refractivity (Wildman–Crippen MR) is 106 cm³/mol. The average molecular weight is 515 g/mol. The maximum Gasteiger partial charge on any atom is 3.00 e. The third-order valence-corrected chi connectivity index (χ3v) is 2.72. The summed E-state index contributed by atoms with van der Waals surface area (Å²) in [6.07, 6.45) is 5.12. The number of H-pyrrole nitrogens is 3. The molecule has 0 atom stereocenters. The Morgan fingerprint density at radius 1 is 0.914 bits per heavy atom. The number of hydrogen-bond donors (Lipinski definition) is 3. The van der Waals surface area contributed by atoms with Crippen LogP contribution in [0.4, 0.5) is 23.8 Å². The van der Waals surface area contributed by atoms with E-state index in [0.29, 0.717) is 0 Å². The zero-order chi connectivity index (χ0) is 23.8. The summed E-state index contributed by atoms with van der Waals surface area (Å²) in [6, 6.07) is 3.38. The fourth-order valence-electron chi connectivity index (χ4n) is 1.47. The normalized spacial score (nSPS) is 11.3. The van der Waals surface area contributed by atoms with E-state index in [0.717, 1.165) is 0 Å². The maximum absolute atomic E-state index is 8.69. The zero-order valence-corrected chi connectivity index (χ0v) is 17.8. The molecule has 0 spiro atoms. The monoisotopic (exact) mass is 515 g/mol. The van der Waals surface area contributed by atoms with Gasteiger partial charge in [-0.2, -0.15) is 25.6 Å². The van der Waals surface area contributed by atoms with Crippen molar-refractivity contribution in [3.63, 3.8) is 0 Å². The van der Waals surface area contributed by atoms with E-state index < -0.39 is 0 Å². The number of nitrogens with zero attached hydrogens (tertiary/aromatic N) is 19. The molecule has 4 aromatic heterocycles. The summed E-state index contributed by atoms with van der Waals surface area (Å²) in [5.41, 5.74) is 7.09. The van der Waals surface area contributed by atoms with Gasteiger partial charge < -0.3 is 30.7 Å². The van der Waals surface area contributed by atoms with Crippen LogP contribution in [0, 0.1) is 22.7 Å². The number of aromatic amines is 3. The molecule has 4 heterocycles. The van der Waals surface area contributed by atoms with Crippen molar-refractivity contribution in [1.82, 2.24) is 60.7 Å². The van der Waals surface area contributed by atoms with Crippen molar-refractivity contribution >= 4 is 35.5 Å². The summed E-state index contributed by atoms with van der Waals surface area (Å²) < 4.78 is 0. The van der Waals surface area contributed by atoms with Crippen molar-refractivity contribution in [2.45, 2.75) is 0 Å². The molecule has 4 rings (SSSR count). The van der Waals surface area contributed by atoms with E-state index in [9.17, 15) is 0 Å². The minimum atomic E-state index is -0.278. The van der Waals surface area contributed by atoms with Gasteiger partial charge in [-0.05, 0) is 6.33 Å². The van der Waals surface area contributed by atoms with Gasteiger partial charge in [-0.25, -0.2) is 5.10 Å². The van der Waals surface area contributed by atoms with Gasteiger partial charge in [-0.1, -0.05) is 0 Å². The Labute approximate surface area is 203 Å². The van der Waals surface area contributed by atoms with E-state index in [1.165, 1.54) is 25.3 Å². The minimum Gasteiger partial charge on any atom is -0.513 e. The molecular formula is C12H7FeN22. The predicted octanol–water partition coefficient (Wildman–Crippen LogP) is 0.725. The summed E-state index contributed by atoms with van der Waals surface area (Å²) >= 11 is 0. The van der Waals surface area contributed by atoms with E-state index in [1.807, 2.05) is 0 Å². The van der Waals surface area contributed by atoms with Gasteiger partial charge in [0.2, 0.25) is 5.84 Å². The van der Waals surface area contributed by atoms with Gasteiger partial charge in [-0.15, -0.1) is 36.6 Å². The fraction of sp³-hybridized carbons (Fsp3) is 0. The quantitative estimate of drug-likeness (QED) is 0.106. The molecule has 0 aromatic carbocycles. The molecule has 4 aromatic rings. The number of amidine groups is 2. The molecule has 0 fully saturated rings. The van der Waals surface area contributed by atoms with Crippen molar-refractivity contribution in [2.75, 3.05) is 0 Å². The summed E-state index contributed by atoms with van der Waals surface area (Å²) in [5.74, 6) is -0.172. The summed E-state index contributed by atoms with van der Waals surface area (Å²) in [4.78, 5) is 14.7. The molecule has 22 nitrogen and oxygen atoms in total. The van der Waals surface area contributed by atoms with Gasteiger partial charge in [-0.3, -0.25) is 20.7 Å². The molecule has 0 aliphatic heterocycles. The van der Waals surface area contributed by atoms with Crippen LogP contribution in [0.25, 0.3) is 10.9 Å². The van der Waals surface area contributed by atoms with Crippen LogP contribution in [0.2, 0.25) is 0 Å². The zero-order valence-electron chi connectivity index (χ0n) is 16.7. The minimum absolute atomic E-state index is 0. The molecule has 35 heavy (non-hydrogen) atoms. The Kier molecular flexibility index (Phi) is 10.4. The Bertz CT molecular complexity index is 1190. The Morgan fingerprint density at radius 2 is 1.54 bits per heavy atom. The van der Waals surface area contributed by atoms with Crippen molar-refractivity contribution in [1.29, 1.82) is 10.5 Å². The Morgan fingerprint density at radius 3 is 2.00 bits per heavy atom. The van der Waals surface area contributed by atoms with Gasteiger partial charge in [0.25, 0.3) is 17.7 Å². The first-order valence-corrected chi connectivity index (χ1v) is 8.35. The molecular weight excluding hydrogens is 508 g/mol. The second-order valence-corrected chi connectivity index (χ2v) is 4.84. The summed E-state index contributed by atoms with van der Waals surface area (Å²) in [7, 11) is 0. The second kappa shape index (κ2) is 14.3. The summed E-state index contributed by atoms with van der Waals surface area (Å²) in [6.45, 7) is 0. The van der Waals surface area contributed by atoms with E-state index >= 15 is 0 Å². The smallest absolute Gasteiger partial charge is 0.513 e. The van der Waals surface area contributed by atoms with Gasteiger partial charge in [0.05, 0.1) is 12.3 Å². The number of aromatic nitrogens is 12.